The van der Waals surface area contributed by atoms with Crippen molar-refractivity contribution in [1.82, 2.24) is 10.6 Å². The van der Waals surface area contributed by atoms with E-state index in [9.17, 15) is 9.59 Å². The van der Waals surface area contributed by atoms with Crippen LogP contribution in [0.4, 0.5) is 4.79 Å². The van der Waals surface area contributed by atoms with E-state index in [2.05, 4.69) is 10.6 Å². The minimum Gasteiger partial charge on any atom is -0.449 e. The monoisotopic (exact) mass is 284 g/mol. The average Bonchev–Trinajstić information content (AvgIpc) is 2.37. The predicted octanol–water partition coefficient (Wildman–Crippen LogP) is 1.74. The SMILES string of the molecule is CC(=O)NCCNC(=O)OCCc1ccccc1Cl. The fraction of sp³-hybridized carbons (Fsp3) is 0.385. The Morgan fingerprint density at radius 1 is 1.21 bits per heavy atom. The molecule has 0 aliphatic carbocycles. The Kier molecular flexibility index (Phi) is 6.74. The third kappa shape index (κ3) is 6.67. The van der Waals surface area contributed by atoms with Gasteiger partial charge in [0.05, 0.1) is 6.61 Å². The quantitative estimate of drug-likeness (QED) is 0.782. The maximum absolute atomic E-state index is 11.3. The zero-order valence-corrected chi connectivity index (χ0v) is 11.5. The summed E-state index contributed by atoms with van der Waals surface area (Å²) in [5.74, 6) is -0.131. The van der Waals surface area contributed by atoms with Gasteiger partial charge < -0.3 is 15.4 Å². The molecule has 0 aromatic heterocycles. The topological polar surface area (TPSA) is 67.4 Å². The number of hydrogen-bond acceptors (Lipinski definition) is 3. The van der Waals surface area contributed by atoms with Gasteiger partial charge in [-0.3, -0.25) is 4.79 Å². The van der Waals surface area contributed by atoms with Crippen LogP contribution in [0.25, 0.3) is 0 Å². The lowest BCUT2D eigenvalue weighted by atomic mass is 10.2. The summed E-state index contributed by atoms with van der Waals surface area (Å²) in [6.07, 6.45) is 0.0658. The lowest BCUT2D eigenvalue weighted by Gasteiger charge is -2.08. The molecule has 0 aliphatic rings. The van der Waals surface area contributed by atoms with E-state index >= 15 is 0 Å². The van der Waals surface area contributed by atoms with Crippen LogP contribution in [0.2, 0.25) is 5.02 Å². The van der Waals surface area contributed by atoms with E-state index in [0.717, 1.165) is 5.56 Å². The molecule has 0 aliphatic heterocycles. The molecule has 104 valence electrons. The molecule has 5 nitrogen and oxygen atoms in total. The van der Waals surface area contributed by atoms with Crippen LogP contribution in [0.3, 0.4) is 0 Å². The highest BCUT2D eigenvalue weighted by Gasteiger charge is 2.03. The highest BCUT2D eigenvalue weighted by Crippen LogP contribution is 2.15. The van der Waals surface area contributed by atoms with E-state index in [1.165, 1.54) is 6.92 Å². The van der Waals surface area contributed by atoms with Crippen molar-refractivity contribution in [3.05, 3.63) is 34.9 Å². The van der Waals surface area contributed by atoms with Crippen LogP contribution in [-0.4, -0.2) is 31.7 Å². The molecule has 0 fully saturated rings. The van der Waals surface area contributed by atoms with Crippen molar-refractivity contribution >= 4 is 23.6 Å². The maximum Gasteiger partial charge on any atom is 0.407 e. The van der Waals surface area contributed by atoms with Gasteiger partial charge in [0.15, 0.2) is 0 Å². The van der Waals surface area contributed by atoms with Gasteiger partial charge in [0, 0.05) is 31.5 Å². The van der Waals surface area contributed by atoms with Crippen LogP contribution in [0.15, 0.2) is 24.3 Å². The average molecular weight is 285 g/mol. The van der Waals surface area contributed by atoms with Crippen molar-refractivity contribution in [1.29, 1.82) is 0 Å². The molecule has 1 rings (SSSR count). The van der Waals surface area contributed by atoms with Crippen LogP contribution in [0.5, 0.6) is 0 Å². The van der Waals surface area contributed by atoms with Gasteiger partial charge in [0.1, 0.15) is 0 Å². The first-order chi connectivity index (χ1) is 9.09. The standard InChI is InChI=1S/C13H17ClN2O3/c1-10(17)15-7-8-16-13(18)19-9-6-11-4-2-3-5-12(11)14/h2-5H,6-9H2,1H3,(H,15,17)(H,16,18). The van der Waals surface area contributed by atoms with Gasteiger partial charge in [0.25, 0.3) is 0 Å². The first-order valence-electron chi connectivity index (χ1n) is 5.98. The second kappa shape index (κ2) is 8.37. The summed E-state index contributed by atoms with van der Waals surface area (Å²) in [5, 5.41) is 5.76. The molecule has 0 radical (unpaired) electrons. The Bertz CT molecular complexity index is 438. The molecule has 1 aromatic rings. The Morgan fingerprint density at radius 3 is 2.58 bits per heavy atom. The number of benzene rings is 1. The predicted molar refractivity (Wildman–Crippen MR) is 73.2 cm³/mol. The van der Waals surface area contributed by atoms with E-state index in [1.807, 2.05) is 18.2 Å². The number of carbonyl (C=O) groups excluding carboxylic acids is 2. The van der Waals surface area contributed by atoms with E-state index in [1.54, 1.807) is 6.07 Å². The number of ether oxygens (including phenoxy) is 1. The first-order valence-corrected chi connectivity index (χ1v) is 6.36. The van der Waals surface area contributed by atoms with E-state index < -0.39 is 6.09 Å². The number of halogens is 1. The number of rotatable bonds is 6. The van der Waals surface area contributed by atoms with Crippen molar-refractivity contribution in [2.45, 2.75) is 13.3 Å². The molecule has 1 aromatic carbocycles. The fourth-order valence-electron chi connectivity index (χ4n) is 1.41. The van der Waals surface area contributed by atoms with Gasteiger partial charge in [-0.15, -0.1) is 0 Å². The first kappa shape index (κ1) is 15.3. The smallest absolute Gasteiger partial charge is 0.407 e. The van der Waals surface area contributed by atoms with Crippen LogP contribution >= 0.6 is 11.6 Å². The third-order valence-corrected chi connectivity index (χ3v) is 2.70. The number of nitrogens with one attached hydrogen (secondary N) is 2. The van der Waals surface area contributed by atoms with E-state index in [0.29, 0.717) is 24.5 Å². The van der Waals surface area contributed by atoms with Crippen LogP contribution in [0, 0.1) is 0 Å². The molecule has 2 amide bonds. The van der Waals surface area contributed by atoms with Gasteiger partial charge in [-0.1, -0.05) is 29.8 Å². The van der Waals surface area contributed by atoms with Crippen LogP contribution < -0.4 is 10.6 Å². The number of alkyl carbamates (subject to hydrolysis) is 1. The Hall–Kier alpha value is -1.75. The van der Waals surface area contributed by atoms with Crippen molar-refractivity contribution in [3.8, 4) is 0 Å². The molecular weight excluding hydrogens is 268 g/mol. The zero-order chi connectivity index (χ0) is 14.1. The highest BCUT2D eigenvalue weighted by atomic mass is 35.5. The van der Waals surface area contributed by atoms with Crippen LogP contribution in [-0.2, 0) is 16.0 Å². The molecule has 2 N–H and O–H groups in total. The normalized spacial score (nSPS) is 9.79. The fourth-order valence-corrected chi connectivity index (χ4v) is 1.64. The second-order valence-electron chi connectivity index (χ2n) is 3.89. The maximum atomic E-state index is 11.3. The van der Waals surface area contributed by atoms with Gasteiger partial charge in [-0.05, 0) is 11.6 Å². The number of amides is 2. The largest absolute Gasteiger partial charge is 0.449 e. The highest BCUT2D eigenvalue weighted by molar-refractivity contribution is 6.31. The van der Waals surface area contributed by atoms with Crippen molar-refractivity contribution in [2.24, 2.45) is 0 Å². The van der Waals surface area contributed by atoms with Gasteiger partial charge in [0.2, 0.25) is 5.91 Å². The van der Waals surface area contributed by atoms with E-state index in [-0.39, 0.29) is 12.5 Å². The Balaban J connectivity index is 2.14. The molecule has 0 atom stereocenters. The molecule has 0 heterocycles. The molecule has 6 heteroatoms. The summed E-state index contributed by atoms with van der Waals surface area (Å²) >= 11 is 5.98. The summed E-state index contributed by atoms with van der Waals surface area (Å²) in [4.78, 5) is 21.9. The third-order valence-electron chi connectivity index (χ3n) is 2.33. The summed E-state index contributed by atoms with van der Waals surface area (Å²) < 4.78 is 4.99. The van der Waals surface area contributed by atoms with E-state index in [4.69, 9.17) is 16.3 Å². The molecular formula is C13H17ClN2O3. The molecule has 0 spiro atoms. The zero-order valence-electron chi connectivity index (χ0n) is 10.7. The number of hydrogen-bond donors (Lipinski definition) is 2. The van der Waals surface area contributed by atoms with Crippen LogP contribution in [0.1, 0.15) is 12.5 Å². The second-order valence-corrected chi connectivity index (χ2v) is 4.29. The molecule has 19 heavy (non-hydrogen) atoms. The minimum atomic E-state index is -0.502. The summed E-state index contributed by atoms with van der Waals surface area (Å²) in [6, 6.07) is 7.42. The molecule has 0 bridgehead atoms. The number of carbonyl (C=O) groups is 2. The Labute approximate surface area is 117 Å². The van der Waals surface area contributed by atoms with Crippen molar-refractivity contribution in [2.75, 3.05) is 19.7 Å². The molecule has 0 saturated carbocycles. The summed E-state index contributed by atoms with van der Waals surface area (Å²) in [5.41, 5.74) is 0.940. The van der Waals surface area contributed by atoms with Crippen molar-refractivity contribution < 1.29 is 14.3 Å². The van der Waals surface area contributed by atoms with Gasteiger partial charge >= 0.3 is 6.09 Å². The summed E-state index contributed by atoms with van der Waals surface area (Å²) in [6.45, 7) is 2.40. The van der Waals surface area contributed by atoms with Gasteiger partial charge in [-0.25, -0.2) is 4.79 Å². The Morgan fingerprint density at radius 2 is 1.89 bits per heavy atom. The minimum absolute atomic E-state index is 0.131. The summed E-state index contributed by atoms with van der Waals surface area (Å²) in [7, 11) is 0. The van der Waals surface area contributed by atoms with Crippen molar-refractivity contribution in [3.63, 3.8) is 0 Å². The lowest BCUT2D eigenvalue weighted by molar-refractivity contribution is -0.118. The molecule has 0 unspecified atom stereocenters. The molecule has 0 saturated heterocycles. The lowest BCUT2D eigenvalue weighted by Crippen LogP contribution is -2.34. The van der Waals surface area contributed by atoms with Gasteiger partial charge in [-0.2, -0.15) is 0 Å².